The monoisotopic (exact) mass is 367 g/mol. The smallest absolute Gasteiger partial charge is 0.335 e. The summed E-state index contributed by atoms with van der Waals surface area (Å²) >= 11 is 9.18. The molecule has 2 N–H and O–H groups in total. The molecule has 0 aliphatic rings. The van der Waals surface area contributed by atoms with Crippen LogP contribution < -0.4 is 5.32 Å². The van der Waals surface area contributed by atoms with Crippen LogP contribution in [0.2, 0.25) is 5.02 Å². The van der Waals surface area contributed by atoms with E-state index in [4.69, 9.17) is 16.7 Å². The van der Waals surface area contributed by atoms with Crippen molar-refractivity contribution >= 4 is 45.1 Å². The molecular weight excluding hydrogens is 358 g/mol. The summed E-state index contributed by atoms with van der Waals surface area (Å²) in [5.41, 5.74) is 1.82. The number of benzene rings is 2. The third-order valence-corrected chi connectivity index (χ3v) is 3.65. The molecule has 0 fully saturated rings. The summed E-state index contributed by atoms with van der Waals surface area (Å²) in [4.78, 5) is 23.2. The maximum absolute atomic E-state index is 12.2. The van der Waals surface area contributed by atoms with Crippen LogP contribution in [0.4, 0.5) is 5.69 Å². The minimum Gasteiger partial charge on any atom is -0.478 e. The molecule has 2 aromatic carbocycles. The maximum atomic E-state index is 12.2. The standard InChI is InChI=1S/C15H11BrClNO3/c1-8-2-3-12(13(16)4-8)14(19)18-11-6-9(15(20)21)5-10(17)7-11/h2-7H,1H3,(H,18,19)(H,20,21). The van der Waals surface area contributed by atoms with Crippen molar-refractivity contribution in [2.75, 3.05) is 5.32 Å². The van der Waals surface area contributed by atoms with Crippen LogP contribution in [0.3, 0.4) is 0 Å². The molecule has 6 heteroatoms. The van der Waals surface area contributed by atoms with Gasteiger partial charge in [0.2, 0.25) is 0 Å². The van der Waals surface area contributed by atoms with Crippen LogP contribution in [0.15, 0.2) is 40.9 Å². The predicted octanol–water partition coefficient (Wildman–Crippen LogP) is 4.36. The van der Waals surface area contributed by atoms with E-state index in [9.17, 15) is 9.59 Å². The summed E-state index contributed by atoms with van der Waals surface area (Å²) in [6, 6.07) is 9.51. The second-order valence-electron chi connectivity index (χ2n) is 4.47. The van der Waals surface area contributed by atoms with E-state index in [1.807, 2.05) is 19.1 Å². The largest absolute Gasteiger partial charge is 0.478 e. The van der Waals surface area contributed by atoms with Crippen molar-refractivity contribution in [2.24, 2.45) is 0 Å². The molecule has 1 amide bonds. The average Bonchev–Trinajstić information content (AvgIpc) is 2.37. The molecule has 21 heavy (non-hydrogen) atoms. The van der Waals surface area contributed by atoms with Gasteiger partial charge in [-0.05, 0) is 58.7 Å². The minimum atomic E-state index is -1.11. The summed E-state index contributed by atoms with van der Waals surface area (Å²) in [5, 5.41) is 11.9. The van der Waals surface area contributed by atoms with Crippen molar-refractivity contribution in [1.82, 2.24) is 0 Å². The molecule has 0 heterocycles. The van der Waals surface area contributed by atoms with Crippen LogP contribution in [-0.2, 0) is 0 Å². The van der Waals surface area contributed by atoms with Gasteiger partial charge in [-0.15, -0.1) is 0 Å². The topological polar surface area (TPSA) is 66.4 Å². The molecule has 108 valence electrons. The lowest BCUT2D eigenvalue weighted by atomic mass is 10.1. The Morgan fingerprint density at radius 2 is 1.90 bits per heavy atom. The third kappa shape index (κ3) is 3.83. The molecule has 0 bridgehead atoms. The lowest BCUT2D eigenvalue weighted by molar-refractivity contribution is 0.0696. The van der Waals surface area contributed by atoms with Gasteiger partial charge in [-0.3, -0.25) is 4.79 Å². The molecule has 2 rings (SSSR count). The van der Waals surface area contributed by atoms with Crippen molar-refractivity contribution in [1.29, 1.82) is 0 Å². The van der Waals surface area contributed by atoms with Crippen LogP contribution >= 0.6 is 27.5 Å². The lowest BCUT2D eigenvalue weighted by Crippen LogP contribution is -2.13. The number of hydrogen-bond acceptors (Lipinski definition) is 2. The Bertz CT molecular complexity index is 731. The maximum Gasteiger partial charge on any atom is 0.335 e. The highest BCUT2D eigenvalue weighted by molar-refractivity contribution is 9.10. The first kappa shape index (κ1) is 15.5. The summed E-state index contributed by atoms with van der Waals surface area (Å²) in [7, 11) is 0. The van der Waals surface area contributed by atoms with E-state index in [0.29, 0.717) is 15.7 Å². The highest BCUT2D eigenvalue weighted by Gasteiger charge is 2.12. The zero-order valence-corrected chi connectivity index (χ0v) is 13.3. The van der Waals surface area contributed by atoms with Crippen LogP contribution in [0, 0.1) is 6.92 Å². The quantitative estimate of drug-likeness (QED) is 0.846. The van der Waals surface area contributed by atoms with E-state index in [-0.39, 0.29) is 16.5 Å². The van der Waals surface area contributed by atoms with E-state index in [1.165, 1.54) is 18.2 Å². The molecule has 0 aliphatic heterocycles. The lowest BCUT2D eigenvalue weighted by Gasteiger charge is -2.09. The average molecular weight is 369 g/mol. The number of carboxylic acids is 1. The Hall–Kier alpha value is -1.85. The van der Waals surface area contributed by atoms with Gasteiger partial charge in [0.25, 0.3) is 5.91 Å². The first-order chi connectivity index (χ1) is 9.86. The molecule has 0 unspecified atom stereocenters. The Balaban J connectivity index is 2.29. The van der Waals surface area contributed by atoms with Gasteiger partial charge in [0.1, 0.15) is 0 Å². The number of carboxylic acid groups (broad SMARTS) is 1. The van der Waals surface area contributed by atoms with Crippen LogP contribution in [-0.4, -0.2) is 17.0 Å². The summed E-state index contributed by atoms with van der Waals surface area (Å²) < 4.78 is 0.667. The van der Waals surface area contributed by atoms with Crippen molar-refractivity contribution in [3.05, 3.63) is 62.6 Å². The summed E-state index contributed by atoms with van der Waals surface area (Å²) in [6.07, 6.45) is 0. The highest BCUT2D eigenvalue weighted by Crippen LogP contribution is 2.22. The zero-order valence-electron chi connectivity index (χ0n) is 11.0. The van der Waals surface area contributed by atoms with Crippen LogP contribution in [0.1, 0.15) is 26.3 Å². The van der Waals surface area contributed by atoms with Gasteiger partial charge in [-0.1, -0.05) is 17.7 Å². The Morgan fingerprint density at radius 3 is 2.52 bits per heavy atom. The molecule has 0 aliphatic carbocycles. The number of hydrogen-bond donors (Lipinski definition) is 2. The van der Waals surface area contributed by atoms with Crippen LogP contribution in [0.5, 0.6) is 0 Å². The van der Waals surface area contributed by atoms with E-state index in [2.05, 4.69) is 21.2 Å². The molecule has 0 aromatic heterocycles. The number of anilines is 1. The molecule has 0 spiro atoms. The second-order valence-corrected chi connectivity index (χ2v) is 5.76. The normalized spacial score (nSPS) is 10.2. The molecule has 0 atom stereocenters. The van der Waals surface area contributed by atoms with Gasteiger partial charge in [0.15, 0.2) is 0 Å². The minimum absolute atomic E-state index is 0.0146. The Morgan fingerprint density at radius 1 is 1.19 bits per heavy atom. The van der Waals surface area contributed by atoms with Gasteiger partial charge in [-0.25, -0.2) is 4.79 Å². The number of aryl methyl sites for hydroxylation is 1. The van der Waals surface area contributed by atoms with Crippen molar-refractivity contribution in [2.45, 2.75) is 6.92 Å². The fraction of sp³-hybridized carbons (Fsp3) is 0.0667. The van der Waals surface area contributed by atoms with Gasteiger partial charge in [-0.2, -0.15) is 0 Å². The van der Waals surface area contributed by atoms with E-state index in [1.54, 1.807) is 6.07 Å². The third-order valence-electron chi connectivity index (χ3n) is 2.77. The van der Waals surface area contributed by atoms with E-state index in [0.717, 1.165) is 5.56 Å². The van der Waals surface area contributed by atoms with Crippen molar-refractivity contribution in [3.8, 4) is 0 Å². The Kier molecular flexibility index (Phi) is 4.65. The number of carbonyl (C=O) groups excluding carboxylic acids is 1. The van der Waals surface area contributed by atoms with Crippen molar-refractivity contribution < 1.29 is 14.7 Å². The molecule has 2 aromatic rings. The molecule has 0 saturated carbocycles. The van der Waals surface area contributed by atoms with E-state index < -0.39 is 5.97 Å². The number of rotatable bonds is 3. The molecule has 0 radical (unpaired) electrons. The van der Waals surface area contributed by atoms with Crippen LogP contribution in [0.25, 0.3) is 0 Å². The fourth-order valence-electron chi connectivity index (χ4n) is 1.79. The highest BCUT2D eigenvalue weighted by atomic mass is 79.9. The van der Waals surface area contributed by atoms with Gasteiger partial charge < -0.3 is 10.4 Å². The van der Waals surface area contributed by atoms with E-state index >= 15 is 0 Å². The SMILES string of the molecule is Cc1ccc(C(=O)Nc2cc(Cl)cc(C(=O)O)c2)c(Br)c1. The molecular formula is C15H11BrClNO3. The molecule has 0 saturated heterocycles. The number of nitrogens with one attached hydrogen (secondary N) is 1. The summed E-state index contributed by atoms with van der Waals surface area (Å²) in [5.74, 6) is -1.45. The number of amides is 1. The van der Waals surface area contributed by atoms with Crippen molar-refractivity contribution in [3.63, 3.8) is 0 Å². The van der Waals surface area contributed by atoms with Gasteiger partial charge in [0, 0.05) is 15.2 Å². The van der Waals surface area contributed by atoms with Gasteiger partial charge >= 0.3 is 5.97 Å². The number of aromatic carboxylic acids is 1. The van der Waals surface area contributed by atoms with Gasteiger partial charge in [0.05, 0.1) is 11.1 Å². The first-order valence-corrected chi connectivity index (χ1v) is 7.15. The second kappa shape index (κ2) is 6.28. The number of carbonyl (C=O) groups is 2. The summed E-state index contributed by atoms with van der Waals surface area (Å²) in [6.45, 7) is 1.92. The fourth-order valence-corrected chi connectivity index (χ4v) is 2.70. The Labute approximate surface area is 134 Å². The zero-order chi connectivity index (χ0) is 15.6. The molecule has 4 nitrogen and oxygen atoms in total. The predicted molar refractivity (Wildman–Crippen MR) is 85.2 cm³/mol. The first-order valence-electron chi connectivity index (χ1n) is 5.98. The number of halogens is 2.